The predicted molar refractivity (Wildman–Crippen MR) is 63.2 cm³/mol. The van der Waals surface area contributed by atoms with E-state index >= 15 is 0 Å². The fourth-order valence-corrected chi connectivity index (χ4v) is 1.94. The Kier molecular flexibility index (Phi) is 4.01. The van der Waals surface area contributed by atoms with E-state index in [2.05, 4.69) is 25.8 Å². The first-order valence-electron chi connectivity index (χ1n) is 5.44. The van der Waals surface area contributed by atoms with Crippen molar-refractivity contribution in [2.45, 2.75) is 26.3 Å². The molecule has 0 bridgehead atoms. The third kappa shape index (κ3) is 2.85. The number of hydrogen-bond donors (Lipinski definition) is 0. The minimum absolute atomic E-state index is 0.0640. The van der Waals surface area contributed by atoms with Gasteiger partial charge in [-0.25, -0.2) is 0 Å². The summed E-state index contributed by atoms with van der Waals surface area (Å²) in [6.45, 7) is 8.77. The zero-order valence-electron chi connectivity index (χ0n) is 10.1. The highest BCUT2D eigenvalue weighted by Crippen LogP contribution is 2.20. The minimum atomic E-state index is -0.0640. The van der Waals surface area contributed by atoms with Crippen molar-refractivity contribution in [2.75, 3.05) is 32.6 Å². The molecule has 1 unspecified atom stereocenters. The lowest BCUT2D eigenvalue weighted by molar-refractivity contribution is -0.138. The summed E-state index contributed by atoms with van der Waals surface area (Å²) < 4.78 is 0. The summed E-state index contributed by atoms with van der Waals surface area (Å²) >= 11 is 5.71. The number of likely N-dealkylation sites (N-methyl/N-ethyl adjacent to an activating group) is 1. The number of rotatable bonds is 2. The molecule has 88 valence electrons. The molecular formula is C11H21ClN2O. The van der Waals surface area contributed by atoms with Crippen molar-refractivity contribution in [3.63, 3.8) is 0 Å². The van der Waals surface area contributed by atoms with E-state index in [-0.39, 0.29) is 17.4 Å². The second-order valence-electron chi connectivity index (χ2n) is 5.05. The van der Waals surface area contributed by atoms with Crippen molar-refractivity contribution in [3.8, 4) is 0 Å². The zero-order valence-corrected chi connectivity index (χ0v) is 10.8. The van der Waals surface area contributed by atoms with Crippen molar-refractivity contribution in [1.29, 1.82) is 0 Å². The lowest BCUT2D eigenvalue weighted by Gasteiger charge is -2.45. The highest BCUT2D eigenvalue weighted by molar-refractivity contribution is 6.19. The molecule has 3 nitrogen and oxygen atoms in total. The van der Waals surface area contributed by atoms with Gasteiger partial charge in [0.05, 0.1) is 0 Å². The SMILES string of the molecule is CC(CCl)C(=O)N1CCN(C)C(C)(C)C1. The Morgan fingerprint density at radius 3 is 2.53 bits per heavy atom. The molecule has 0 aliphatic carbocycles. The van der Waals surface area contributed by atoms with Gasteiger partial charge in [-0.15, -0.1) is 11.6 Å². The van der Waals surface area contributed by atoms with Gasteiger partial charge in [0.1, 0.15) is 0 Å². The highest BCUT2D eigenvalue weighted by atomic mass is 35.5. The second-order valence-corrected chi connectivity index (χ2v) is 5.36. The molecule has 0 saturated carbocycles. The lowest BCUT2D eigenvalue weighted by atomic mass is 9.98. The Hall–Kier alpha value is -0.280. The molecule has 1 rings (SSSR count). The number of carbonyl (C=O) groups is 1. The van der Waals surface area contributed by atoms with Crippen LogP contribution < -0.4 is 0 Å². The Bertz CT molecular complexity index is 243. The predicted octanol–water partition coefficient (Wildman–Crippen LogP) is 1.41. The fraction of sp³-hybridized carbons (Fsp3) is 0.909. The van der Waals surface area contributed by atoms with E-state index in [1.807, 2.05) is 11.8 Å². The van der Waals surface area contributed by atoms with E-state index < -0.39 is 0 Å². The maximum Gasteiger partial charge on any atom is 0.226 e. The Morgan fingerprint density at radius 1 is 1.47 bits per heavy atom. The summed E-state index contributed by atoms with van der Waals surface area (Å²) in [6, 6.07) is 0. The van der Waals surface area contributed by atoms with Gasteiger partial charge in [-0.1, -0.05) is 6.92 Å². The van der Waals surface area contributed by atoms with Crippen LogP contribution in [0, 0.1) is 5.92 Å². The molecule has 1 aliphatic heterocycles. The molecule has 15 heavy (non-hydrogen) atoms. The molecule has 4 heteroatoms. The van der Waals surface area contributed by atoms with Gasteiger partial charge >= 0.3 is 0 Å². The standard InChI is InChI=1S/C11H21ClN2O/c1-9(7-12)10(15)14-6-5-13(4)11(2,3)8-14/h9H,5-8H2,1-4H3. The van der Waals surface area contributed by atoms with Gasteiger partial charge in [0.25, 0.3) is 0 Å². The maximum atomic E-state index is 11.9. The summed E-state index contributed by atoms with van der Waals surface area (Å²) in [4.78, 5) is 16.2. The molecule has 0 aromatic carbocycles. The van der Waals surface area contributed by atoms with Crippen LogP contribution in [0.4, 0.5) is 0 Å². The van der Waals surface area contributed by atoms with Gasteiger partial charge in [-0.05, 0) is 20.9 Å². The summed E-state index contributed by atoms with van der Waals surface area (Å²) in [5, 5.41) is 0. The molecule has 1 amide bonds. The molecule has 0 spiro atoms. The summed E-state index contributed by atoms with van der Waals surface area (Å²) in [6.07, 6.45) is 0. The number of nitrogens with zero attached hydrogens (tertiary/aromatic N) is 2. The third-order valence-corrected chi connectivity index (χ3v) is 3.74. The van der Waals surface area contributed by atoms with E-state index in [0.29, 0.717) is 5.88 Å². The number of carbonyl (C=O) groups excluding carboxylic acids is 1. The molecule has 0 aromatic rings. The number of amides is 1. The largest absolute Gasteiger partial charge is 0.339 e. The van der Waals surface area contributed by atoms with Gasteiger partial charge in [0.2, 0.25) is 5.91 Å². The Morgan fingerprint density at radius 2 is 2.07 bits per heavy atom. The summed E-state index contributed by atoms with van der Waals surface area (Å²) in [5.74, 6) is 0.531. The van der Waals surface area contributed by atoms with Crippen LogP contribution in [0.2, 0.25) is 0 Å². The van der Waals surface area contributed by atoms with Gasteiger partial charge in [0, 0.05) is 37.0 Å². The summed E-state index contributed by atoms with van der Waals surface area (Å²) in [7, 11) is 2.10. The van der Waals surface area contributed by atoms with Crippen LogP contribution in [-0.4, -0.2) is 53.8 Å². The molecule has 1 aliphatic rings. The van der Waals surface area contributed by atoms with E-state index in [1.54, 1.807) is 0 Å². The quantitative estimate of drug-likeness (QED) is 0.673. The lowest BCUT2D eigenvalue weighted by Crippen LogP contribution is -2.59. The molecule has 0 radical (unpaired) electrons. The van der Waals surface area contributed by atoms with Crippen LogP contribution in [0.5, 0.6) is 0 Å². The maximum absolute atomic E-state index is 11.9. The first-order valence-corrected chi connectivity index (χ1v) is 5.98. The first-order chi connectivity index (χ1) is 6.88. The van der Waals surface area contributed by atoms with Crippen LogP contribution >= 0.6 is 11.6 Å². The monoisotopic (exact) mass is 232 g/mol. The Balaban J connectivity index is 2.63. The zero-order chi connectivity index (χ0) is 11.6. The fourth-order valence-electron chi connectivity index (χ4n) is 1.81. The van der Waals surface area contributed by atoms with Crippen molar-refractivity contribution in [1.82, 2.24) is 9.80 Å². The minimum Gasteiger partial charge on any atom is -0.339 e. The molecule has 0 aromatic heterocycles. The van der Waals surface area contributed by atoms with Gasteiger partial charge in [0.15, 0.2) is 0 Å². The number of halogens is 1. The number of hydrogen-bond acceptors (Lipinski definition) is 2. The van der Waals surface area contributed by atoms with Crippen molar-refractivity contribution in [2.24, 2.45) is 5.92 Å². The molecule has 1 fully saturated rings. The molecule has 1 heterocycles. The second kappa shape index (κ2) is 4.71. The van der Waals surface area contributed by atoms with Gasteiger partial charge in [-0.2, -0.15) is 0 Å². The van der Waals surface area contributed by atoms with Crippen LogP contribution in [0.1, 0.15) is 20.8 Å². The van der Waals surface area contributed by atoms with Crippen LogP contribution in [0.3, 0.4) is 0 Å². The molecule has 1 atom stereocenters. The highest BCUT2D eigenvalue weighted by Gasteiger charge is 2.34. The third-order valence-electron chi connectivity index (χ3n) is 3.28. The molecular weight excluding hydrogens is 212 g/mol. The average molecular weight is 233 g/mol. The Labute approximate surface area is 97.4 Å². The van der Waals surface area contributed by atoms with E-state index in [4.69, 9.17) is 11.6 Å². The molecule has 1 saturated heterocycles. The normalized spacial score (nSPS) is 23.9. The number of piperazine rings is 1. The van der Waals surface area contributed by atoms with Crippen molar-refractivity contribution >= 4 is 17.5 Å². The smallest absolute Gasteiger partial charge is 0.226 e. The first kappa shape index (κ1) is 12.8. The number of alkyl halides is 1. The topological polar surface area (TPSA) is 23.6 Å². The van der Waals surface area contributed by atoms with Crippen molar-refractivity contribution < 1.29 is 4.79 Å². The molecule has 0 N–H and O–H groups in total. The average Bonchev–Trinajstić information content (AvgIpc) is 2.19. The van der Waals surface area contributed by atoms with E-state index in [9.17, 15) is 4.79 Å². The van der Waals surface area contributed by atoms with Crippen molar-refractivity contribution in [3.05, 3.63) is 0 Å². The van der Waals surface area contributed by atoms with Crippen LogP contribution in [0.15, 0.2) is 0 Å². The summed E-state index contributed by atoms with van der Waals surface area (Å²) in [5.41, 5.74) is 0.0694. The van der Waals surface area contributed by atoms with Crippen LogP contribution in [-0.2, 0) is 4.79 Å². The van der Waals surface area contributed by atoms with E-state index in [0.717, 1.165) is 19.6 Å². The van der Waals surface area contributed by atoms with Gasteiger partial charge in [-0.3, -0.25) is 9.69 Å². The van der Waals surface area contributed by atoms with Gasteiger partial charge < -0.3 is 4.90 Å². The van der Waals surface area contributed by atoms with Crippen LogP contribution in [0.25, 0.3) is 0 Å². The van der Waals surface area contributed by atoms with E-state index in [1.165, 1.54) is 0 Å².